The summed E-state index contributed by atoms with van der Waals surface area (Å²) < 4.78 is 25.7. The molecule has 2 amide bonds. The third-order valence-corrected chi connectivity index (χ3v) is 6.15. The van der Waals surface area contributed by atoms with Gasteiger partial charge in [-0.2, -0.15) is 0 Å². The highest BCUT2D eigenvalue weighted by Gasteiger charge is 2.51. The number of fused-ring (bicyclic) bond motifs is 1. The van der Waals surface area contributed by atoms with Crippen molar-refractivity contribution < 1.29 is 18.4 Å². The van der Waals surface area contributed by atoms with Crippen LogP contribution >= 0.6 is 0 Å². The molecule has 1 aliphatic heterocycles. The Kier molecular flexibility index (Phi) is 5.54. The van der Waals surface area contributed by atoms with Gasteiger partial charge in [-0.3, -0.25) is 14.0 Å². The van der Waals surface area contributed by atoms with Crippen LogP contribution < -0.4 is 5.32 Å². The Bertz CT molecular complexity index is 705. The second kappa shape index (κ2) is 7.56. The molecule has 1 N–H and O–H groups in total. The van der Waals surface area contributed by atoms with Crippen LogP contribution in [0.2, 0.25) is 0 Å². The van der Waals surface area contributed by atoms with E-state index in [-0.39, 0.29) is 30.0 Å². The Morgan fingerprint density at radius 3 is 2.67 bits per heavy atom. The molecule has 2 atom stereocenters. The van der Waals surface area contributed by atoms with Crippen molar-refractivity contribution in [1.29, 1.82) is 0 Å². The van der Waals surface area contributed by atoms with Crippen molar-refractivity contribution in [3.05, 3.63) is 35.6 Å². The van der Waals surface area contributed by atoms with Crippen molar-refractivity contribution in [2.75, 3.05) is 19.8 Å². The Hall–Kier alpha value is -1.98. The zero-order valence-corrected chi connectivity index (χ0v) is 16.1. The number of alkyl halides is 1. The molecule has 0 bridgehead atoms. The minimum atomic E-state index is -0.666. The van der Waals surface area contributed by atoms with E-state index in [2.05, 4.69) is 5.32 Å². The molecule has 2 aliphatic rings. The van der Waals surface area contributed by atoms with Crippen LogP contribution in [0.4, 0.5) is 8.78 Å². The van der Waals surface area contributed by atoms with Crippen LogP contribution in [0.15, 0.2) is 24.3 Å². The van der Waals surface area contributed by atoms with Crippen molar-refractivity contribution in [2.45, 2.75) is 56.9 Å². The summed E-state index contributed by atoms with van der Waals surface area (Å²) in [5, 5.41) is 3.03. The minimum absolute atomic E-state index is 0.0397. The molecule has 3 rings (SSSR count). The first kappa shape index (κ1) is 19.8. The van der Waals surface area contributed by atoms with E-state index < -0.39 is 17.6 Å². The second-order valence-electron chi connectivity index (χ2n) is 8.57. The lowest BCUT2D eigenvalue weighted by Crippen LogP contribution is -2.52. The van der Waals surface area contributed by atoms with Gasteiger partial charge in [0.05, 0.1) is 18.6 Å². The fourth-order valence-corrected chi connectivity index (χ4v) is 4.60. The van der Waals surface area contributed by atoms with Crippen LogP contribution in [0, 0.1) is 11.7 Å². The van der Waals surface area contributed by atoms with Gasteiger partial charge in [-0.1, -0.05) is 32.4 Å². The maximum Gasteiger partial charge on any atom is 0.223 e. The molecular weight excluding hydrogens is 350 g/mol. The van der Waals surface area contributed by atoms with Gasteiger partial charge in [0.25, 0.3) is 0 Å². The number of amides is 2. The number of rotatable bonds is 6. The number of carbonyl (C=O) groups excluding carboxylic acids is 2. The predicted molar refractivity (Wildman–Crippen MR) is 99.4 cm³/mol. The summed E-state index contributed by atoms with van der Waals surface area (Å²) >= 11 is 0. The van der Waals surface area contributed by atoms with E-state index in [1.807, 2.05) is 18.7 Å². The maximum absolute atomic E-state index is 13.2. The molecule has 4 nitrogen and oxygen atoms in total. The third-order valence-electron chi connectivity index (χ3n) is 6.15. The summed E-state index contributed by atoms with van der Waals surface area (Å²) in [7, 11) is 0. The molecule has 1 aliphatic carbocycles. The number of hydrogen-bond donors (Lipinski definition) is 1. The van der Waals surface area contributed by atoms with Gasteiger partial charge in [0.15, 0.2) is 0 Å². The van der Waals surface area contributed by atoms with E-state index in [1.165, 1.54) is 12.1 Å². The molecule has 2 fully saturated rings. The Labute approximate surface area is 159 Å². The molecule has 6 heteroatoms. The molecular formula is C21H28F2N2O2. The van der Waals surface area contributed by atoms with E-state index in [9.17, 15) is 18.4 Å². The van der Waals surface area contributed by atoms with Crippen molar-refractivity contribution in [2.24, 2.45) is 5.92 Å². The molecule has 0 aromatic heterocycles. The van der Waals surface area contributed by atoms with Crippen molar-refractivity contribution in [3.8, 4) is 0 Å². The van der Waals surface area contributed by atoms with Crippen molar-refractivity contribution in [1.82, 2.24) is 10.2 Å². The smallest absolute Gasteiger partial charge is 0.223 e. The van der Waals surface area contributed by atoms with E-state index in [4.69, 9.17) is 0 Å². The Balaban J connectivity index is 1.67. The summed E-state index contributed by atoms with van der Waals surface area (Å²) in [4.78, 5) is 26.8. The van der Waals surface area contributed by atoms with Crippen LogP contribution in [0.3, 0.4) is 0 Å². The normalized spacial score (nSPS) is 24.7. The molecule has 0 radical (unpaired) electrons. The fourth-order valence-electron chi connectivity index (χ4n) is 4.60. The van der Waals surface area contributed by atoms with Gasteiger partial charge < -0.3 is 10.2 Å². The van der Waals surface area contributed by atoms with Crippen LogP contribution in [-0.4, -0.2) is 42.0 Å². The number of halogens is 2. The van der Waals surface area contributed by atoms with Gasteiger partial charge in [-0.25, -0.2) is 4.39 Å². The molecule has 1 saturated heterocycles. The van der Waals surface area contributed by atoms with Crippen molar-refractivity contribution in [3.63, 3.8) is 0 Å². The lowest BCUT2D eigenvalue weighted by Gasteiger charge is -2.31. The average Bonchev–Trinajstić information content (AvgIpc) is 3.11. The molecule has 0 spiro atoms. The molecule has 148 valence electrons. The highest BCUT2D eigenvalue weighted by molar-refractivity contribution is 5.80. The van der Waals surface area contributed by atoms with E-state index in [0.29, 0.717) is 19.5 Å². The highest BCUT2D eigenvalue weighted by Crippen LogP contribution is 2.42. The van der Waals surface area contributed by atoms with Gasteiger partial charge in [0, 0.05) is 25.4 Å². The van der Waals surface area contributed by atoms with Crippen LogP contribution in [0.5, 0.6) is 0 Å². The fraction of sp³-hybridized carbons (Fsp3) is 0.619. The first-order chi connectivity index (χ1) is 12.8. The van der Waals surface area contributed by atoms with E-state index >= 15 is 0 Å². The topological polar surface area (TPSA) is 49.4 Å². The molecule has 27 heavy (non-hydrogen) atoms. The van der Waals surface area contributed by atoms with Gasteiger partial charge in [-0.15, -0.1) is 0 Å². The highest BCUT2D eigenvalue weighted by atomic mass is 19.1. The molecule has 1 aromatic carbocycles. The van der Waals surface area contributed by atoms with E-state index in [1.54, 1.807) is 12.1 Å². The van der Waals surface area contributed by atoms with Gasteiger partial charge >= 0.3 is 0 Å². The average molecular weight is 378 g/mol. The largest absolute Gasteiger partial charge is 0.348 e. The number of hydrogen-bond acceptors (Lipinski definition) is 2. The minimum Gasteiger partial charge on any atom is -0.348 e. The third kappa shape index (κ3) is 4.14. The van der Waals surface area contributed by atoms with E-state index in [0.717, 1.165) is 24.8 Å². The molecule has 1 saturated carbocycles. The summed E-state index contributed by atoms with van der Waals surface area (Å²) in [5.74, 6) is -0.290. The number of nitrogens with zero attached hydrogens (tertiary/aromatic N) is 1. The zero-order valence-electron chi connectivity index (χ0n) is 16.1. The number of benzene rings is 1. The van der Waals surface area contributed by atoms with Crippen molar-refractivity contribution >= 4 is 11.8 Å². The Morgan fingerprint density at radius 1 is 1.30 bits per heavy atom. The SMILES string of the molecule is CC(C)(CC(=O)N1C[C@@H]2CCC[C@]2(NC(=O)CCF)C1)c1ccc(F)cc1. The number of nitrogens with one attached hydrogen (secondary N) is 1. The number of carbonyl (C=O) groups is 2. The summed E-state index contributed by atoms with van der Waals surface area (Å²) in [6.45, 7) is 4.42. The molecule has 0 unspecified atom stereocenters. The van der Waals surface area contributed by atoms with Gasteiger partial charge in [0.1, 0.15) is 5.82 Å². The first-order valence-electron chi connectivity index (χ1n) is 9.66. The van der Waals surface area contributed by atoms with Gasteiger partial charge in [-0.05, 0) is 36.0 Å². The summed E-state index contributed by atoms with van der Waals surface area (Å²) in [6.07, 6.45) is 3.02. The molecule has 1 heterocycles. The summed E-state index contributed by atoms with van der Waals surface area (Å²) in [5.41, 5.74) is 0.109. The molecule has 1 aromatic rings. The quantitative estimate of drug-likeness (QED) is 0.825. The first-order valence-corrected chi connectivity index (χ1v) is 9.66. The summed E-state index contributed by atoms with van der Waals surface area (Å²) in [6, 6.07) is 6.27. The lowest BCUT2D eigenvalue weighted by atomic mass is 9.81. The Morgan fingerprint density at radius 2 is 2.00 bits per heavy atom. The second-order valence-corrected chi connectivity index (χ2v) is 8.57. The standard InChI is InChI=1S/C21H28F2N2O2/c1-20(2,15-5-7-17(23)8-6-15)12-19(27)25-13-16-4-3-10-21(16,14-25)24-18(26)9-11-22/h5-8,16H,3-4,9-14H2,1-2H3,(H,24,26)/t16-,21-/m0/s1. The van der Waals surface area contributed by atoms with Gasteiger partial charge in [0.2, 0.25) is 11.8 Å². The van der Waals surface area contributed by atoms with Crippen LogP contribution in [0.1, 0.15) is 51.5 Å². The van der Waals surface area contributed by atoms with Crippen LogP contribution in [0.25, 0.3) is 0 Å². The zero-order chi connectivity index (χ0) is 19.7. The predicted octanol–water partition coefficient (Wildman–Crippen LogP) is 3.35. The number of likely N-dealkylation sites (tertiary alicyclic amines) is 1. The lowest BCUT2D eigenvalue weighted by molar-refractivity contribution is -0.132. The maximum atomic E-state index is 13.2. The monoisotopic (exact) mass is 378 g/mol. The van der Waals surface area contributed by atoms with Crippen LogP contribution in [-0.2, 0) is 15.0 Å².